The predicted octanol–water partition coefficient (Wildman–Crippen LogP) is 3.00. The molecule has 3 rings (SSSR count). The Hall–Kier alpha value is -3.26. The number of nitrogens with two attached hydrogens (primary N) is 1. The minimum absolute atomic E-state index is 0.176. The Kier molecular flexibility index (Phi) is 6.47. The van der Waals surface area contributed by atoms with Gasteiger partial charge in [-0.15, -0.1) is 0 Å². The topological polar surface area (TPSA) is 105 Å². The fourth-order valence-corrected chi connectivity index (χ4v) is 3.81. The Balaban J connectivity index is 2.02. The maximum absolute atomic E-state index is 13.2. The van der Waals surface area contributed by atoms with Gasteiger partial charge >= 0.3 is 0 Å². The van der Waals surface area contributed by atoms with Gasteiger partial charge in [0.1, 0.15) is 0 Å². The van der Waals surface area contributed by atoms with Crippen molar-refractivity contribution >= 4 is 18.0 Å². The molecule has 0 saturated carbocycles. The van der Waals surface area contributed by atoms with Crippen LogP contribution < -0.4 is 15.2 Å². The molecule has 8 nitrogen and oxygen atoms in total. The molecule has 0 radical (unpaired) electrons. The van der Waals surface area contributed by atoms with Crippen LogP contribution in [-0.4, -0.2) is 47.2 Å². The molecule has 0 spiro atoms. The van der Waals surface area contributed by atoms with Gasteiger partial charge in [0.25, 0.3) is 5.91 Å². The van der Waals surface area contributed by atoms with Gasteiger partial charge in [-0.25, -0.2) is 5.06 Å². The lowest BCUT2D eigenvalue weighted by atomic mass is 9.97. The van der Waals surface area contributed by atoms with E-state index in [0.717, 1.165) is 11.1 Å². The first kappa shape index (κ1) is 21.4. The minimum Gasteiger partial charge on any atom is -0.493 e. The van der Waals surface area contributed by atoms with E-state index in [1.165, 1.54) is 0 Å². The third-order valence-corrected chi connectivity index (χ3v) is 5.37. The summed E-state index contributed by atoms with van der Waals surface area (Å²) in [5.41, 5.74) is 8.66. The molecule has 160 valence electrons. The first-order valence-corrected chi connectivity index (χ1v) is 9.82. The number of benzene rings is 2. The number of hydrogen-bond donors (Lipinski definition) is 2. The van der Waals surface area contributed by atoms with Crippen LogP contribution in [-0.2, 0) is 11.3 Å². The van der Waals surface area contributed by atoms with Crippen LogP contribution in [0.5, 0.6) is 11.5 Å². The van der Waals surface area contributed by atoms with Crippen molar-refractivity contribution in [3.63, 3.8) is 0 Å². The number of anilines is 1. The third kappa shape index (κ3) is 4.04. The summed E-state index contributed by atoms with van der Waals surface area (Å²) in [4.78, 5) is 26.0. The van der Waals surface area contributed by atoms with Crippen molar-refractivity contribution < 1.29 is 24.3 Å². The van der Waals surface area contributed by atoms with Crippen molar-refractivity contribution in [2.24, 2.45) is 0 Å². The molecule has 8 heteroatoms. The van der Waals surface area contributed by atoms with Crippen LogP contribution in [0.25, 0.3) is 0 Å². The molecule has 2 atom stereocenters. The van der Waals surface area contributed by atoms with Gasteiger partial charge < -0.3 is 20.1 Å². The van der Waals surface area contributed by atoms with E-state index in [0.29, 0.717) is 53.8 Å². The predicted molar refractivity (Wildman–Crippen MR) is 111 cm³/mol. The molecule has 2 aromatic carbocycles. The van der Waals surface area contributed by atoms with Crippen LogP contribution >= 0.6 is 0 Å². The summed E-state index contributed by atoms with van der Waals surface area (Å²) in [5, 5.41) is 10.5. The van der Waals surface area contributed by atoms with Gasteiger partial charge in [0.2, 0.25) is 6.41 Å². The van der Waals surface area contributed by atoms with Gasteiger partial charge in [-0.2, -0.15) is 0 Å². The van der Waals surface area contributed by atoms with Crippen molar-refractivity contribution in [1.29, 1.82) is 0 Å². The lowest BCUT2D eigenvalue weighted by Crippen LogP contribution is -2.36. The Morgan fingerprint density at radius 3 is 2.70 bits per heavy atom. The fourth-order valence-electron chi connectivity index (χ4n) is 3.81. The zero-order valence-corrected chi connectivity index (χ0v) is 17.4. The number of nitrogen functional groups attached to an aromatic ring is 1. The van der Waals surface area contributed by atoms with Gasteiger partial charge in [-0.1, -0.05) is 18.2 Å². The highest BCUT2D eigenvalue weighted by atomic mass is 16.5. The molecular weight excluding hydrogens is 386 g/mol. The van der Waals surface area contributed by atoms with Crippen molar-refractivity contribution in [2.45, 2.75) is 38.9 Å². The zero-order chi connectivity index (χ0) is 21.8. The average molecular weight is 413 g/mol. The molecule has 2 aromatic rings. The Morgan fingerprint density at radius 1 is 1.30 bits per heavy atom. The van der Waals surface area contributed by atoms with Gasteiger partial charge in [-0.3, -0.25) is 14.8 Å². The Bertz CT molecular complexity index is 933. The van der Waals surface area contributed by atoms with Crippen molar-refractivity contribution in [1.82, 2.24) is 9.96 Å². The highest BCUT2D eigenvalue weighted by molar-refractivity contribution is 6.03. The molecule has 0 aliphatic carbocycles. The SMILES string of the molecule is CCOc1cc(C(CC(C)N(O)C=O)N2Cc3cccc(N)c3C2=O)ccc1OC. The number of methoxy groups -OCH3 is 1. The largest absolute Gasteiger partial charge is 0.493 e. The molecule has 0 aromatic heterocycles. The molecule has 1 aliphatic rings. The molecule has 1 heterocycles. The van der Waals surface area contributed by atoms with Gasteiger partial charge in [-0.05, 0) is 49.6 Å². The summed E-state index contributed by atoms with van der Waals surface area (Å²) in [5.74, 6) is 0.976. The number of amides is 2. The minimum atomic E-state index is -0.515. The molecule has 2 amide bonds. The third-order valence-electron chi connectivity index (χ3n) is 5.37. The van der Waals surface area contributed by atoms with E-state index < -0.39 is 12.1 Å². The van der Waals surface area contributed by atoms with Crippen molar-refractivity contribution in [2.75, 3.05) is 19.5 Å². The monoisotopic (exact) mass is 413 g/mol. The molecule has 0 bridgehead atoms. The van der Waals surface area contributed by atoms with E-state index >= 15 is 0 Å². The molecule has 0 fully saturated rings. The van der Waals surface area contributed by atoms with E-state index in [-0.39, 0.29) is 5.91 Å². The van der Waals surface area contributed by atoms with E-state index in [4.69, 9.17) is 15.2 Å². The number of hydrogen-bond acceptors (Lipinski definition) is 6. The van der Waals surface area contributed by atoms with Crippen LogP contribution in [0.3, 0.4) is 0 Å². The molecular formula is C22H27N3O5. The molecule has 30 heavy (non-hydrogen) atoms. The van der Waals surface area contributed by atoms with Crippen molar-refractivity contribution in [3.8, 4) is 11.5 Å². The average Bonchev–Trinajstić information content (AvgIpc) is 3.08. The highest BCUT2D eigenvalue weighted by Gasteiger charge is 2.36. The van der Waals surface area contributed by atoms with Gasteiger partial charge in [0.05, 0.1) is 31.4 Å². The number of hydroxylamine groups is 2. The second-order valence-electron chi connectivity index (χ2n) is 7.24. The summed E-state index contributed by atoms with van der Waals surface area (Å²) >= 11 is 0. The maximum Gasteiger partial charge on any atom is 0.257 e. The second-order valence-corrected chi connectivity index (χ2v) is 7.24. The number of nitrogens with zero attached hydrogens (tertiary/aromatic N) is 2. The standard InChI is InChI=1S/C22H27N3O5/c1-4-30-20-11-15(8-9-19(20)29-3)18(10-14(2)25(28)13-26)24-12-16-6-5-7-17(23)21(16)22(24)27/h5-9,11,13-14,18,28H,4,10,12,23H2,1-3H3. The number of fused-ring (bicyclic) bond motifs is 1. The van der Waals surface area contributed by atoms with Crippen molar-refractivity contribution in [3.05, 3.63) is 53.1 Å². The zero-order valence-electron chi connectivity index (χ0n) is 17.4. The maximum atomic E-state index is 13.2. The summed E-state index contributed by atoms with van der Waals surface area (Å²) in [6, 6.07) is 9.97. The number of carbonyl (C=O) groups is 2. The smallest absolute Gasteiger partial charge is 0.257 e. The molecule has 3 N–H and O–H groups in total. The lowest BCUT2D eigenvalue weighted by molar-refractivity contribution is -0.160. The van der Waals surface area contributed by atoms with Crippen LogP contribution in [0.15, 0.2) is 36.4 Å². The van der Waals surface area contributed by atoms with E-state index in [1.807, 2.05) is 31.2 Å². The second kappa shape index (κ2) is 9.04. The Morgan fingerprint density at radius 2 is 2.07 bits per heavy atom. The first-order valence-electron chi connectivity index (χ1n) is 9.82. The fraction of sp³-hybridized carbons (Fsp3) is 0.364. The summed E-state index contributed by atoms with van der Waals surface area (Å²) in [7, 11) is 1.56. The number of carbonyl (C=O) groups excluding carboxylic acids is 2. The molecule has 1 aliphatic heterocycles. The molecule has 0 saturated heterocycles. The lowest BCUT2D eigenvalue weighted by Gasteiger charge is -2.32. The highest BCUT2D eigenvalue weighted by Crippen LogP contribution is 2.39. The van der Waals surface area contributed by atoms with Crippen LogP contribution in [0.4, 0.5) is 5.69 Å². The van der Waals surface area contributed by atoms with E-state index in [2.05, 4.69) is 0 Å². The Labute approximate surface area is 175 Å². The number of rotatable bonds is 9. The van der Waals surface area contributed by atoms with E-state index in [1.54, 1.807) is 31.1 Å². The summed E-state index contributed by atoms with van der Waals surface area (Å²) in [6.45, 7) is 4.44. The van der Waals surface area contributed by atoms with Crippen LogP contribution in [0, 0.1) is 0 Å². The number of ether oxygens (including phenoxy) is 2. The van der Waals surface area contributed by atoms with Crippen LogP contribution in [0.1, 0.15) is 47.8 Å². The first-order chi connectivity index (χ1) is 14.4. The quantitative estimate of drug-likeness (QED) is 0.283. The summed E-state index contributed by atoms with van der Waals surface area (Å²) in [6.07, 6.45) is 0.687. The summed E-state index contributed by atoms with van der Waals surface area (Å²) < 4.78 is 11.1. The van der Waals surface area contributed by atoms with E-state index in [9.17, 15) is 14.8 Å². The normalized spacial score (nSPS) is 14.8. The van der Waals surface area contributed by atoms with Gasteiger partial charge in [0.15, 0.2) is 11.5 Å². The van der Waals surface area contributed by atoms with Crippen LogP contribution in [0.2, 0.25) is 0 Å². The van der Waals surface area contributed by atoms with Gasteiger partial charge in [0, 0.05) is 12.2 Å². The molecule has 2 unspecified atom stereocenters.